The van der Waals surface area contributed by atoms with Gasteiger partial charge in [0.1, 0.15) is 6.04 Å². The van der Waals surface area contributed by atoms with Crippen LogP contribution in [-0.2, 0) is 10.3 Å². The third-order valence-electron chi connectivity index (χ3n) is 4.75. The zero-order valence-corrected chi connectivity index (χ0v) is 14.3. The molecule has 4 rings (SSSR count). The van der Waals surface area contributed by atoms with Gasteiger partial charge in [-0.25, -0.2) is 22.4 Å². The van der Waals surface area contributed by atoms with E-state index in [0.717, 1.165) is 24.3 Å². The van der Waals surface area contributed by atoms with Gasteiger partial charge in [-0.2, -0.15) is 0 Å². The van der Waals surface area contributed by atoms with Crippen molar-refractivity contribution in [2.24, 2.45) is 0 Å². The Morgan fingerprint density at radius 2 is 1.29 bits per heavy atom. The molecule has 1 fully saturated rings. The first-order valence-electron chi connectivity index (χ1n) is 8.37. The molecule has 0 aromatic heterocycles. The molecule has 142 valence electrons. The molecular formula is C21H13F4NO2. The lowest BCUT2D eigenvalue weighted by Crippen LogP contribution is -2.36. The van der Waals surface area contributed by atoms with Crippen LogP contribution in [0.3, 0.4) is 0 Å². The number of benzene rings is 3. The van der Waals surface area contributed by atoms with Crippen molar-refractivity contribution in [3.63, 3.8) is 0 Å². The molecule has 1 aliphatic heterocycles. The van der Waals surface area contributed by atoms with E-state index in [4.69, 9.17) is 4.74 Å². The van der Waals surface area contributed by atoms with E-state index in [-0.39, 0.29) is 11.1 Å². The summed E-state index contributed by atoms with van der Waals surface area (Å²) in [6.45, 7) is 0. The quantitative estimate of drug-likeness (QED) is 0.645. The molecule has 3 aromatic rings. The number of amides is 1. The van der Waals surface area contributed by atoms with E-state index < -0.39 is 41.0 Å². The molecule has 0 aliphatic carbocycles. The molecular weight excluding hydrogens is 374 g/mol. The van der Waals surface area contributed by atoms with Crippen molar-refractivity contribution in [2.75, 3.05) is 0 Å². The Kier molecular flexibility index (Phi) is 4.30. The fourth-order valence-electron chi connectivity index (χ4n) is 3.49. The number of alkyl carbamates (subject to hydrolysis) is 1. The van der Waals surface area contributed by atoms with Crippen LogP contribution in [0.4, 0.5) is 22.4 Å². The summed E-state index contributed by atoms with van der Waals surface area (Å²) in [7, 11) is 0. The summed E-state index contributed by atoms with van der Waals surface area (Å²) in [6.07, 6.45) is -0.830. The van der Waals surface area contributed by atoms with Crippen molar-refractivity contribution < 1.29 is 27.1 Å². The Hall–Kier alpha value is -3.35. The number of carbonyl (C=O) groups excluding carboxylic acids is 1. The number of hydrogen-bond acceptors (Lipinski definition) is 2. The number of ether oxygens (including phenoxy) is 1. The third kappa shape index (κ3) is 2.79. The standard InChI is InChI=1S/C21H13F4NO2/c22-15-8-6-13(10-17(15)24)21(14-7-9-16(23)18(25)11-14)19(26-20(27)28-21)12-4-2-1-3-5-12/h1-11,19H,(H,26,27)/t19-/m0/s1. The lowest BCUT2D eigenvalue weighted by Gasteiger charge is -2.34. The number of carbonyl (C=O) groups is 1. The second-order valence-electron chi connectivity index (χ2n) is 6.37. The summed E-state index contributed by atoms with van der Waals surface area (Å²) in [6, 6.07) is 13.8. The minimum absolute atomic E-state index is 0.0737. The average Bonchev–Trinajstić information content (AvgIpc) is 3.05. The van der Waals surface area contributed by atoms with Gasteiger partial charge in [-0.1, -0.05) is 42.5 Å². The van der Waals surface area contributed by atoms with E-state index in [0.29, 0.717) is 5.56 Å². The zero-order valence-electron chi connectivity index (χ0n) is 14.3. The van der Waals surface area contributed by atoms with Crippen LogP contribution in [0.2, 0.25) is 0 Å². The highest BCUT2D eigenvalue weighted by atomic mass is 19.2. The Morgan fingerprint density at radius 3 is 1.79 bits per heavy atom. The largest absolute Gasteiger partial charge is 0.430 e. The first kappa shape index (κ1) is 18.0. The van der Waals surface area contributed by atoms with Crippen LogP contribution in [0, 0.1) is 23.3 Å². The third-order valence-corrected chi connectivity index (χ3v) is 4.75. The smallest absolute Gasteiger partial charge is 0.409 e. The maximum absolute atomic E-state index is 14.0. The molecule has 3 aromatic carbocycles. The first-order valence-corrected chi connectivity index (χ1v) is 8.37. The highest BCUT2D eigenvalue weighted by Gasteiger charge is 2.53. The fraction of sp³-hybridized carbons (Fsp3) is 0.0952. The van der Waals surface area contributed by atoms with Crippen molar-refractivity contribution in [3.8, 4) is 0 Å². The van der Waals surface area contributed by atoms with Crippen LogP contribution >= 0.6 is 0 Å². The molecule has 0 bridgehead atoms. The lowest BCUT2D eigenvalue weighted by molar-refractivity contribution is 0.0674. The van der Waals surface area contributed by atoms with Crippen LogP contribution in [0.25, 0.3) is 0 Å². The molecule has 0 radical (unpaired) electrons. The molecule has 1 atom stereocenters. The minimum Gasteiger partial charge on any atom is -0.430 e. The molecule has 1 aliphatic rings. The molecule has 1 amide bonds. The van der Waals surface area contributed by atoms with E-state index in [9.17, 15) is 22.4 Å². The predicted molar refractivity (Wildman–Crippen MR) is 92.3 cm³/mol. The van der Waals surface area contributed by atoms with Crippen molar-refractivity contribution in [1.82, 2.24) is 5.32 Å². The molecule has 0 spiro atoms. The van der Waals surface area contributed by atoms with Gasteiger partial charge < -0.3 is 10.1 Å². The molecule has 1 saturated heterocycles. The van der Waals surface area contributed by atoms with Gasteiger partial charge in [0, 0.05) is 11.1 Å². The van der Waals surface area contributed by atoms with Gasteiger partial charge in [0.15, 0.2) is 28.9 Å². The van der Waals surface area contributed by atoms with E-state index in [1.165, 1.54) is 12.1 Å². The SMILES string of the molecule is O=C1N[C@@H](c2ccccc2)C(c2ccc(F)c(F)c2)(c2ccc(F)c(F)c2)O1. The number of halogens is 4. The van der Waals surface area contributed by atoms with Crippen LogP contribution < -0.4 is 5.32 Å². The van der Waals surface area contributed by atoms with Gasteiger partial charge in [-0.3, -0.25) is 0 Å². The number of cyclic esters (lactones) is 1. The van der Waals surface area contributed by atoms with E-state index in [1.54, 1.807) is 30.3 Å². The van der Waals surface area contributed by atoms with E-state index in [2.05, 4.69) is 5.32 Å². The summed E-state index contributed by atoms with van der Waals surface area (Å²) in [4.78, 5) is 12.2. The summed E-state index contributed by atoms with van der Waals surface area (Å²) in [5.41, 5.74) is -1.00. The van der Waals surface area contributed by atoms with Crippen molar-refractivity contribution >= 4 is 6.09 Å². The summed E-state index contributed by atoms with van der Waals surface area (Å²) >= 11 is 0. The number of hydrogen-bond donors (Lipinski definition) is 1. The molecule has 7 heteroatoms. The summed E-state index contributed by atoms with van der Waals surface area (Å²) in [5, 5.41) is 2.63. The van der Waals surface area contributed by atoms with Gasteiger partial charge in [-0.05, 0) is 29.8 Å². The molecule has 1 heterocycles. The minimum atomic E-state index is -1.73. The Labute approximate surface area is 157 Å². The fourth-order valence-corrected chi connectivity index (χ4v) is 3.49. The lowest BCUT2D eigenvalue weighted by atomic mass is 9.77. The first-order chi connectivity index (χ1) is 13.4. The maximum Gasteiger partial charge on any atom is 0.409 e. The predicted octanol–water partition coefficient (Wildman–Crippen LogP) is 4.97. The van der Waals surface area contributed by atoms with Gasteiger partial charge in [0.05, 0.1) is 0 Å². The maximum atomic E-state index is 14.0. The van der Waals surface area contributed by atoms with Gasteiger partial charge in [0.25, 0.3) is 0 Å². The Balaban J connectivity index is 2.01. The van der Waals surface area contributed by atoms with Gasteiger partial charge >= 0.3 is 6.09 Å². The second-order valence-corrected chi connectivity index (χ2v) is 6.37. The molecule has 28 heavy (non-hydrogen) atoms. The summed E-state index contributed by atoms with van der Waals surface area (Å²) < 4.78 is 60.6. The molecule has 0 saturated carbocycles. The molecule has 3 nitrogen and oxygen atoms in total. The van der Waals surface area contributed by atoms with Crippen molar-refractivity contribution in [2.45, 2.75) is 11.6 Å². The average molecular weight is 387 g/mol. The normalized spacial score (nSPS) is 17.9. The molecule has 0 unspecified atom stereocenters. The van der Waals surface area contributed by atoms with Crippen LogP contribution in [0.1, 0.15) is 22.7 Å². The Bertz CT molecular complexity index is 1000. The number of rotatable bonds is 3. The van der Waals surface area contributed by atoms with Crippen molar-refractivity contribution in [3.05, 3.63) is 107 Å². The van der Waals surface area contributed by atoms with Crippen LogP contribution in [0.5, 0.6) is 0 Å². The van der Waals surface area contributed by atoms with Gasteiger partial charge in [0.2, 0.25) is 0 Å². The van der Waals surface area contributed by atoms with Crippen LogP contribution in [-0.4, -0.2) is 6.09 Å². The monoisotopic (exact) mass is 387 g/mol. The Morgan fingerprint density at radius 1 is 0.750 bits per heavy atom. The number of nitrogens with one attached hydrogen (secondary N) is 1. The van der Waals surface area contributed by atoms with E-state index >= 15 is 0 Å². The summed E-state index contributed by atoms with van der Waals surface area (Å²) in [5.74, 6) is -4.49. The second kappa shape index (κ2) is 6.67. The van der Waals surface area contributed by atoms with Crippen LogP contribution in [0.15, 0.2) is 66.7 Å². The van der Waals surface area contributed by atoms with E-state index in [1.807, 2.05) is 0 Å². The highest BCUT2D eigenvalue weighted by Crippen LogP contribution is 2.48. The molecule has 1 N–H and O–H groups in total. The van der Waals surface area contributed by atoms with Crippen molar-refractivity contribution in [1.29, 1.82) is 0 Å². The topological polar surface area (TPSA) is 38.3 Å². The zero-order chi connectivity index (χ0) is 19.9. The van der Waals surface area contributed by atoms with Gasteiger partial charge in [-0.15, -0.1) is 0 Å². The highest BCUT2D eigenvalue weighted by molar-refractivity contribution is 5.74.